The van der Waals surface area contributed by atoms with E-state index in [1.54, 1.807) is 0 Å². The molecule has 2 nitrogen and oxygen atoms in total. The van der Waals surface area contributed by atoms with Gasteiger partial charge >= 0.3 is 0 Å². The second-order valence-electron chi connectivity index (χ2n) is 5.41. The predicted molar refractivity (Wildman–Crippen MR) is 69.9 cm³/mol. The molecule has 2 atom stereocenters. The molecule has 0 amide bonds. The summed E-state index contributed by atoms with van der Waals surface area (Å²) < 4.78 is 0. The molecule has 2 rings (SSSR count). The first-order valence-electron chi connectivity index (χ1n) is 6.40. The molecule has 2 unspecified atom stereocenters. The number of ketones is 1. The van der Waals surface area contributed by atoms with Crippen LogP contribution in [0.1, 0.15) is 36.0 Å². The van der Waals surface area contributed by atoms with E-state index in [0.717, 1.165) is 24.8 Å². The number of hydrogen-bond acceptors (Lipinski definition) is 2. The first kappa shape index (κ1) is 12.3. The van der Waals surface area contributed by atoms with Crippen molar-refractivity contribution in [3.05, 3.63) is 34.9 Å². The Bertz CT molecular complexity index is 405. The van der Waals surface area contributed by atoms with Crippen molar-refractivity contribution >= 4 is 5.78 Å². The van der Waals surface area contributed by atoms with Crippen LogP contribution in [0.15, 0.2) is 18.2 Å². The average Bonchev–Trinajstić information content (AvgIpc) is 2.63. The van der Waals surface area contributed by atoms with E-state index in [9.17, 15) is 4.79 Å². The zero-order chi connectivity index (χ0) is 12.4. The van der Waals surface area contributed by atoms with Gasteiger partial charge < -0.3 is 5.73 Å². The molecule has 1 saturated carbocycles. The van der Waals surface area contributed by atoms with Gasteiger partial charge in [-0.25, -0.2) is 0 Å². The van der Waals surface area contributed by atoms with Gasteiger partial charge in [-0.2, -0.15) is 0 Å². The Balaban J connectivity index is 2.03. The summed E-state index contributed by atoms with van der Waals surface area (Å²) in [5, 5.41) is 0. The fourth-order valence-corrected chi connectivity index (χ4v) is 2.83. The highest BCUT2D eigenvalue weighted by Gasteiger charge is 2.27. The van der Waals surface area contributed by atoms with Gasteiger partial charge in [-0.3, -0.25) is 4.79 Å². The highest BCUT2D eigenvalue weighted by molar-refractivity contribution is 5.83. The van der Waals surface area contributed by atoms with Crippen LogP contribution >= 0.6 is 0 Å². The van der Waals surface area contributed by atoms with E-state index in [1.807, 2.05) is 0 Å². The Kier molecular flexibility index (Phi) is 3.63. The summed E-state index contributed by atoms with van der Waals surface area (Å²) in [6.45, 7) is 4.15. The van der Waals surface area contributed by atoms with Gasteiger partial charge in [-0.1, -0.05) is 29.3 Å². The van der Waals surface area contributed by atoms with Gasteiger partial charge in [-0.15, -0.1) is 0 Å². The topological polar surface area (TPSA) is 43.1 Å². The summed E-state index contributed by atoms with van der Waals surface area (Å²) in [7, 11) is 0. The number of aryl methyl sites for hydroxylation is 2. The van der Waals surface area contributed by atoms with E-state index >= 15 is 0 Å². The number of nitrogens with two attached hydrogens (primary N) is 1. The maximum atomic E-state index is 12.1. The van der Waals surface area contributed by atoms with Crippen LogP contribution in [0.25, 0.3) is 0 Å². The molecule has 1 aliphatic carbocycles. The number of carbonyl (C=O) groups is 1. The van der Waals surface area contributed by atoms with Crippen molar-refractivity contribution in [2.45, 2.75) is 45.6 Å². The minimum atomic E-state index is 0.200. The van der Waals surface area contributed by atoms with Crippen molar-refractivity contribution in [1.29, 1.82) is 0 Å². The Morgan fingerprint density at radius 3 is 2.41 bits per heavy atom. The number of rotatable bonds is 3. The van der Waals surface area contributed by atoms with Gasteiger partial charge in [0.15, 0.2) is 0 Å². The standard InChI is InChI=1S/C15H21NO/c1-10-5-11(2)7-12(6-10)8-15(17)13-3-4-14(16)9-13/h5-7,13-14H,3-4,8-9,16H2,1-2H3. The number of hydrogen-bond donors (Lipinski definition) is 1. The molecule has 0 bridgehead atoms. The normalized spacial score (nSPS) is 23.9. The number of benzene rings is 1. The summed E-state index contributed by atoms with van der Waals surface area (Å²) in [5.41, 5.74) is 9.46. The Hall–Kier alpha value is -1.15. The maximum Gasteiger partial charge on any atom is 0.140 e. The molecule has 0 aromatic heterocycles. The number of Topliss-reactive ketones (excluding diaryl/α,β-unsaturated/α-hetero) is 1. The Morgan fingerprint density at radius 2 is 1.88 bits per heavy atom. The van der Waals surface area contributed by atoms with E-state index in [-0.39, 0.29) is 12.0 Å². The predicted octanol–water partition coefficient (Wildman–Crippen LogP) is 2.54. The third kappa shape index (κ3) is 3.16. The van der Waals surface area contributed by atoms with Gasteiger partial charge in [0.05, 0.1) is 0 Å². The number of carbonyl (C=O) groups excluding carboxylic acids is 1. The van der Waals surface area contributed by atoms with E-state index in [4.69, 9.17) is 5.73 Å². The van der Waals surface area contributed by atoms with Crippen LogP contribution in [0.2, 0.25) is 0 Å². The van der Waals surface area contributed by atoms with E-state index in [1.165, 1.54) is 11.1 Å². The Labute approximate surface area is 103 Å². The molecule has 92 valence electrons. The lowest BCUT2D eigenvalue weighted by Gasteiger charge is -2.09. The maximum absolute atomic E-state index is 12.1. The van der Waals surface area contributed by atoms with Crippen LogP contribution in [-0.2, 0) is 11.2 Å². The quantitative estimate of drug-likeness (QED) is 0.868. The summed E-state index contributed by atoms with van der Waals surface area (Å²) in [6.07, 6.45) is 3.43. The second-order valence-corrected chi connectivity index (χ2v) is 5.41. The molecule has 0 radical (unpaired) electrons. The molecule has 2 N–H and O–H groups in total. The van der Waals surface area contributed by atoms with Gasteiger partial charge in [0.1, 0.15) is 5.78 Å². The van der Waals surface area contributed by atoms with Crippen LogP contribution in [-0.4, -0.2) is 11.8 Å². The van der Waals surface area contributed by atoms with E-state index in [0.29, 0.717) is 12.2 Å². The van der Waals surface area contributed by atoms with E-state index in [2.05, 4.69) is 32.0 Å². The van der Waals surface area contributed by atoms with Gasteiger partial charge in [-0.05, 0) is 38.7 Å². The van der Waals surface area contributed by atoms with Crippen molar-refractivity contribution in [2.24, 2.45) is 11.7 Å². The molecular weight excluding hydrogens is 210 g/mol. The molecule has 1 aromatic rings. The van der Waals surface area contributed by atoms with Gasteiger partial charge in [0.25, 0.3) is 0 Å². The zero-order valence-corrected chi connectivity index (χ0v) is 10.7. The molecular formula is C15H21NO. The molecule has 1 fully saturated rings. The monoisotopic (exact) mass is 231 g/mol. The van der Waals surface area contributed by atoms with Crippen molar-refractivity contribution in [3.8, 4) is 0 Å². The minimum Gasteiger partial charge on any atom is -0.328 e. The van der Waals surface area contributed by atoms with Crippen LogP contribution in [0.5, 0.6) is 0 Å². The highest BCUT2D eigenvalue weighted by Crippen LogP contribution is 2.26. The molecule has 0 saturated heterocycles. The molecule has 2 heteroatoms. The summed E-state index contributed by atoms with van der Waals surface area (Å²) in [5.74, 6) is 0.564. The van der Waals surface area contributed by atoms with Crippen molar-refractivity contribution in [2.75, 3.05) is 0 Å². The summed E-state index contributed by atoms with van der Waals surface area (Å²) in [6, 6.07) is 6.60. The largest absolute Gasteiger partial charge is 0.328 e. The average molecular weight is 231 g/mol. The fourth-order valence-electron chi connectivity index (χ4n) is 2.83. The molecule has 1 aliphatic rings. The second kappa shape index (κ2) is 5.01. The molecule has 1 aromatic carbocycles. The van der Waals surface area contributed by atoms with Crippen molar-refractivity contribution in [1.82, 2.24) is 0 Å². The van der Waals surface area contributed by atoms with Crippen LogP contribution in [0, 0.1) is 19.8 Å². The molecule has 17 heavy (non-hydrogen) atoms. The van der Waals surface area contributed by atoms with E-state index < -0.39 is 0 Å². The lowest BCUT2D eigenvalue weighted by molar-refractivity contribution is -0.122. The lowest BCUT2D eigenvalue weighted by Crippen LogP contribution is -2.19. The third-order valence-corrected chi connectivity index (χ3v) is 3.59. The smallest absolute Gasteiger partial charge is 0.140 e. The van der Waals surface area contributed by atoms with Crippen LogP contribution in [0.4, 0.5) is 0 Å². The van der Waals surface area contributed by atoms with Crippen LogP contribution < -0.4 is 5.73 Å². The van der Waals surface area contributed by atoms with Crippen molar-refractivity contribution < 1.29 is 4.79 Å². The van der Waals surface area contributed by atoms with Gasteiger partial charge in [0, 0.05) is 18.4 Å². The Morgan fingerprint density at radius 1 is 1.24 bits per heavy atom. The first-order valence-corrected chi connectivity index (χ1v) is 6.40. The van der Waals surface area contributed by atoms with Crippen molar-refractivity contribution in [3.63, 3.8) is 0 Å². The lowest BCUT2D eigenvalue weighted by atomic mass is 9.95. The van der Waals surface area contributed by atoms with Crippen LogP contribution in [0.3, 0.4) is 0 Å². The zero-order valence-electron chi connectivity index (χ0n) is 10.7. The molecule has 0 aliphatic heterocycles. The molecule has 0 spiro atoms. The SMILES string of the molecule is Cc1cc(C)cc(CC(=O)C2CCC(N)C2)c1. The summed E-state index contributed by atoms with van der Waals surface area (Å²) in [4.78, 5) is 12.1. The molecule has 0 heterocycles. The fraction of sp³-hybridized carbons (Fsp3) is 0.533. The summed E-state index contributed by atoms with van der Waals surface area (Å²) >= 11 is 0. The highest BCUT2D eigenvalue weighted by atomic mass is 16.1. The first-order chi connectivity index (χ1) is 8.04. The van der Waals surface area contributed by atoms with Gasteiger partial charge in [0.2, 0.25) is 0 Å². The third-order valence-electron chi connectivity index (χ3n) is 3.59. The minimum absolute atomic E-state index is 0.200.